The van der Waals surface area contributed by atoms with Gasteiger partial charge in [0.05, 0.1) is 13.2 Å². The van der Waals surface area contributed by atoms with E-state index in [1.54, 1.807) is 0 Å². The smallest absolute Gasteiger partial charge is 0.295 e. The Labute approximate surface area is 71.6 Å². The van der Waals surface area contributed by atoms with E-state index in [2.05, 4.69) is 10.1 Å². The molecule has 1 N–H and O–H groups in total. The lowest BCUT2D eigenvalue weighted by Crippen LogP contribution is -2.28. The zero-order chi connectivity index (χ0) is 7.23. The lowest BCUT2D eigenvalue weighted by atomic mass is 10.5. The summed E-state index contributed by atoms with van der Waals surface area (Å²) in [6, 6.07) is 0. The number of carbonyl (C=O) groups excluding carboxylic acids is 1. The summed E-state index contributed by atoms with van der Waals surface area (Å²) < 4.78 is 9.72. The van der Waals surface area contributed by atoms with Crippen molar-refractivity contribution < 1.29 is 14.3 Å². The van der Waals surface area contributed by atoms with Gasteiger partial charge in [0.2, 0.25) is 6.29 Å². The number of ether oxygens (including phenoxy) is 2. The maximum absolute atomic E-state index is 9.86. The van der Waals surface area contributed by atoms with Crippen molar-refractivity contribution in [2.24, 2.45) is 0 Å². The van der Waals surface area contributed by atoms with Gasteiger partial charge in [-0.2, -0.15) is 0 Å². The van der Waals surface area contributed by atoms with E-state index in [1.807, 2.05) is 0 Å². The maximum Gasteiger partial charge on any atom is 0.295 e. The van der Waals surface area contributed by atoms with E-state index in [-0.39, 0.29) is 18.7 Å². The molecule has 1 saturated heterocycles. The number of rotatable bonds is 2. The molecule has 66 valence electrons. The standard InChI is InChI=1S/C6H11NO3.ClH/c8-5-10-6-4-7-2-1-3-9-6;/h5-7H,1-4H2;1H. The van der Waals surface area contributed by atoms with Gasteiger partial charge in [-0.3, -0.25) is 4.79 Å². The van der Waals surface area contributed by atoms with Crippen molar-refractivity contribution in [3.05, 3.63) is 0 Å². The maximum atomic E-state index is 9.86. The van der Waals surface area contributed by atoms with Gasteiger partial charge < -0.3 is 14.8 Å². The largest absolute Gasteiger partial charge is 0.437 e. The zero-order valence-corrected chi connectivity index (χ0v) is 6.93. The number of halogens is 1. The van der Waals surface area contributed by atoms with Crippen molar-refractivity contribution in [3.8, 4) is 0 Å². The highest BCUT2D eigenvalue weighted by Crippen LogP contribution is 1.96. The monoisotopic (exact) mass is 181 g/mol. The van der Waals surface area contributed by atoms with Crippen LogP contribution in [0.15, 0.2) is 0 Å². The van der Waals surface area contributed by atoms with Crippen molar-refractivity contribution in [2.75, 3.05) is 19.7 Å². The van der Waals surface area contributed by atoms with E-state index in [0.29, 0.717) is 19.6 Å². The molecule has 1 rings (SSSR count). The van der Waals surface area contributed by atoms with Crippen LogP contribution in [0, 0.1) is 0 Å². The van der Waals surface area contributed by atoms with Gasteiger partial charge in [-0.1, -0.05) is 0 Å². The fraction of sp³-hybridized carbons (Fsp3) is 0.833. The van der Waals surface area contributed by atoms with Crippen molar-refractivity contribution in [1.82, 2.24) is 5.32 Å². The molecule has 0 bridgehead atoms. The Morgan fingerprint density at radius 3 is 3.18 bits per heavy atom. The van der Waals surface area contributed by atoms with Crippen LogP contribution in [0.1, 0.15) is 6.42 Å². The lowest BCUT2D eigenvalue weighted by molar-refractivity contribution is -0.160. The molecule has 1 fully saturated rings. The SMILES string of the molecule is Cl.O=COC1CNCCCO1. The predicted molar refractivity (Wildman–Crippen MR) is 41.6 cm³/mol. The van der Waals surface area contributed by atoms with E-state index < -0.39 is 0 Å². The molecule has 0 aromatic carbocycles. The number of hydrogen-bond acceptors (Lipinski definition) is 4. The third-order valence-electron chi connectivity index (χ3n) is 1.32. The molecule has 5 heteroatoms. The first-order valence-electron chi connectivity index (χ1n) is 3.35. The first-order valence-corrected chi connectivity index (χ1v) is 3.35. The normalized spacial score (nSPS) is 24.5. The van der Waals surface area contributed by atoms with Crippen LogP contribution in [-0.4, -0.2) is 32.5 Å². The molecule has 0 spiro atoms. The summed E-state index contributed by atoms with van der Waals surface area (Å²) in [6.07, 6.45) is 0.582. The summed E-state index contributed by atoms with van der Waals surface area (Å²) >= 11 is 0. The summed E-state index contributed by atoms with van der Waals surface area (Å²) in [5.41, 5.74) is 0. The molecule has 0 radical (unpaired) electrons. The summed E-state index contributed by atoms with van der Waals surface area (Å²) in [5, 5.41) is 3.07. The lowest BCUT2D eigenvalue weighted by Gasteiger charge is -2.11. The minimum atomic E-state index is -0.389. The Morgan fingerprint density at radius 2 is 2.45 bits per heavy atom. The highest BCUT2D eigenvalue weighted by atomic mass is 35.5. The van der Waals surface area contributed by atoms with Gasteiger partial charge in [0.1, 0.15) is 0 Å². The molecule has 11 heavy (non-hydrogen) atoms. The van der Waals surface area contributed by atoms with Crippen LogP contribution >= 0.6 is 12.4 Å². The van der Waals surface area contributed by atoms with E-state index >= 15 is 0 Å². The molecule has 1 unspecified atom stereocenters. The summed E-state index contributed by atoms with van der Waals surface area (Å²) in [7, 11) is 0. The predicted octanol–water partition coefficient (Wildman–Crippen LogP) is -0.0828. The average Bonchev–Trinajstić information content (AvgIpc) is 2.17. The second kappa shape index (κ2) is 6.39. The zero-order valence-electron chi connectivity index (χ0n) is 6.12. The van der Waals surface area contributed by atoms with Crippen LogP contribution in [0.5, 0.6) is 0 Å². The quantitative estimate of drug-likeness (QED) is 0.606. The van der Waals surface area contributed by atoms with Crippen LogP contribution in [0.3, 0.4) is 0 Å². The summed E-state index contributed by atoms with van der Waals surface area (Å²) in [5.74, 6) is 0. The van der Waals surface area contributed by atoms with Gasteiger partial charge in [0.15, 0.2) is 0 Å². The van der Waals surface area contributed by atoms with Gasteiger partial charge in [-0.05, 0) is 13.0 Å². The highest BCUT2D eigenvalue weighted by molar-refractivity contribution is 5.85. The molecule has 0 aromatic rings. The van der Waals surface area contributed by atoms with E-state index in [9.17, 15) is 4.79 Å². The fourth-order valence-electron chi connectivity index (χ4n) is 0.840. The molecule has 1 aliphatic heterocycles. The van der Waals surface area contributed by atoms with E-state index in [1.165, 1.54) is 0 Å². The highest BCUT2D eigenvalue weighted by Gasteiger charge is 2.11. The van der Waals surface area contributed by atoms with Crippen LogP contribution in [-0.2, 0) is 14.3 Å². The van der Waals surface area contributed by atoms with Crippen molar-refractivity contribution >= 4 is 18.9 Å². The molecule has 0 aromatic heterocycles. The average molecular weight is 182 g/mol. The number of nitrogens with one attached hydrogen (secondary N) is 1. The van der Waals surface area contributed by atoms with Crippen LogP contribution in [0.2, 0.25) is 0 Å². The fourth-order valence-corrected chi connectivity index (χ4v) is 0.840. The Bertz CT molecular complexity index is 104. The van der Waals surface area contributed by atoms with Crippen LogP contribution in [0.4, 0.5) is 0 Å². The molecule has 0 aliphatic carbocycles. The van der Waals surface area contributed by atoms with Crippen LogP contribution < -0.4 is 5.32 Å². The van der Waals surface area contributed by atoms with Gasteiger partial charge in [0.25, 0.3) is 6.47 Å². The molecule has 0 saturated carbocycles. The second-order valence-corrected chi connectivity index (χ2v) is 2.09. The van der Waals surface area contributed by atoms with E-state index in [0.717, 1.165) is 13.0 Å². The van der Waals surface area contributed by atoms with Crippen molar-refractivity contribution in [3.63, 3.8) is 0 Å². The summed E-state index contributed by atoms with van der Waals surface area (Å²) in [6.45, 7) is 2.60. The van der Waals surface area contributed by atoms with Gasteiger partial charge in [-0.15, -0.1) is 12.4 Å². The molecule has 1 heterocycles. The van der Waals surface area contributed by atoms with Gasteiger partial charge in [-0.25, -0.2) is 0 Å². The van der Waals surface area contributed by atoms with Crippen LogP contribution in [0.25, 0.3) is 0 Å². The Morgan fingerprint density at radius 1 is 1.64 bits per heavy atom. The third-order valence-corrected chi connectivity index (χ3v) is 1.32. The minimum absolute atomic E-state index is 0. The molecule has 0 amide bonds. The second-order valence-electron chi connectivity index (χ2n) is 2.09. The molecule has 1 aliphatic rings. The first-order chi connectivity index (χ1) is 4.93. The third kappa shape index (κ3) is 4.19. The molecule has 4 nitrogen and oxygen atoms in total. The van der Waals surface area contributed by atoms with E-state index in [4.69, 9.17) is 4.74 Å². The van der Waals surface area contributed by atoms with Crippen molar-refractivity contribution in [2.45, 2.75) is 12.7 Å². The minimum Gasteiger partial charge on any atom is -0.437 e. The molecular weight excluding hydrogens is 170 g/mol. The summed E-state index contributed by atoms with van der Waals surface area (Å²) in [4.78, 5) is 9.86. The molecule has 1 atom stereocenters. The number of carbonyl (C=O) groups is 1. The van der Waals surface area contributed by atoms with Gasteiger partial charge >= 0.3 is 0 Å². The van der Waals surface area contributed by atoms with Crippen molar-refractivity contribution in [1.29, 1.82) is 0 Å². The molecular formula is C6H12ClNO3. The Kier molecular flexibility index (Phi) is 6.21. The Balaban J connectivity index is 0.000001000. The topological polar surface area (TPSA) is 47.6 Å². The first kappa shape index (κ1) is 10.7. The Hall–Kier alpha value is -0.320. The number of hydrogen-bond donors (Lipinski definition) is 1. The van der Waals surface area contributed by atoms with Gasteiger partial charge in [0, 0.05) is 0 Å².